The minimum Gasteiger partial charge on any atom is -0.324 e. The van der Waals surface area contributed by atoms with Crippen molar-refractivity contribution >= 4 is 7.60 Å². The van der Waals surface area contributed by atoms with Crippen molar-refractivity contribution in [3.05, 3.63) is 0 Å². The van der Waals surface area contributed by atoms with Gasteiger partial charge in [0.25, 0.3) is 0 Å². The van der Waals surface area contributed by atoms with Crippen LogP contribution in [0, 0.1) is 11.8 Å². The summed E-state index contributed by atoms with van der Waals surface area (Å²) in [6, 6.07) is 0. The fraction of sp³-hybridized carbons (Fsp3) is 1.00. The number of rotatable bonds is 5. The van der Waals surface area contributed by atoms with Gasteiger partial charge in [-0.2, -0.15) is 0 Å². The van der Waals surface area contributed by atoms with Gasteiger partial charge in [0.2, 0.25) is 0 Å². The predicted molar refractivity (Wildman–Crippen MR) is 59.4 cm³/mol. The zero-order chi connectivity index (χ0) is 11.6. The molecule has 0 bridgehead atoms. The Balaban J connectivity index is 4.96. The summed E-state index contributed by atoms with van der Waals surface area (Å²) in [5, 5.41) is -0.865. The molecule has 0 aliphatic carbocycles. The summed E-state index contributed by atoms with van der Waals surface area (Å²) in [6.45, 7) is 9.59. The number of hydrogen-bond donors (Lipinski definition) is 2. The van der Waals surface area contributed by atoms with Gasteiger partial charge in [0.15, 0.2) is 0 Å². The van der Waals surface area contributed by atoms with E-state index in [-0.39, 0.29) is 5.92 Å². The second kappa shape index (κ2) is 4.78. The van der Waals surface area contributed by atoms with Gasteiger partial charge in [-0.05, 0) is 25.2 Å². The summed E-state index contributed by atoms with van der Waals surface area (Å²) in [4.78, 5) is 18.8. The maximum atomic E-state index is 11.5. The topological polar surface area (TPSA) is 57.5 Å². The first-order chi connectivity index (χ1) is 6.15. The average molecular weight is 222 g/mol. The summed E-state index contributed by atoms with van der Waals surface area (Å²) >= 11 is 0. The molecule has 0 spiro atoms. The molecule has 0 fully saturated rings. The van der Waals surface area contributed by atoms with Gasteiger partial charge in [-0.15, -0.1) is 0 Å². The van der Waals surface area contributed by atoms with Crippen LogP contribution in [0.1, 0.15) is 47.5 Å². The van der Waals surface area contributed by atoms with E-state index >= 15 is 0 Å². The van der Waals surface area contributed by atoms with E-state index in [1.807, 2.05) is 27.7 Å². The van der Waals surface area contributed by atoms with E-state index in [4.69, 9.17) is 0 Å². The molecule has 0 amide bonds. The molecule has 0 aliphatic rings. The lowest BCUT2D eigenvalue weighted by Gasteiger charge is -2.37. The van der Waals surface area contributed by atoms with Crippen LogP contribution >= 0.6 is 7.60 Å². The van der Waals surface area contributed by atoms with Gasteiger partial charge in [0, 0.05) is 0 Å². The zero-order valence-electron chi connectivity index (χ0n) is 9.82. The molecule has 4 heteroatoms. The Kier molecular flexibility index (Phi) is 4.83. The van der Waals surface area contributed by atoms with Crippen molar-refractivity contribution < 1.29 is 14.4 Å². The molecule has 2 unspecified atom stereocenters. The Labute approximate surface area is 87.1 Å². The van der Waals surface area contributed by atoms with Crippen molar-refractivity contribution in [1.82, 2.24) is 0 Å². The lowest BCUT2D eigenvalue weighted by Crippen LogP contribution is -2.34. The normalized spacial score (nSPS) is 19.4. The highest BCUT2D eigenvalue weighted by Gasteiger charge is 2.46. The van der Waals surface area contributed by atoms with E-state index in [0.717, 1.165) is 6.42 Å². The van der Waals surface area contributed by atoms with E-state index < -0.39 is 12.8 Å². The van der Waals surface area contributed by atoms with Crippen molar-refractivity contribution in [3.63, 3.8) is 0 Å². The summed E-state index contributed by atoms with van der Waals surface area (Å²) in [5.41, 5.74) is 0. The van der Waals surface area contributed by atoms with E-state index in [2.05, 4.69) is 0 Å². The summed E-state index contributed by atoms with van der Waals surface area (Å²) in [5.74, 6) is 0.354. The molecule has 0 aliphatic heterocycles. The van der Waals surface area contributed by atoms with Crippen molar-refractivity contribution in [2.24, 2.45) is 11.8 Å². The second-order valence-electron chi connectivity index (χ2n) is 4.81. The molecular formula is C10H23O3P. The molecule has 0 rings (SSSR count). The molecular weight excluding hydrogens is 199 g/mol. The molecule has 2 atom stereocenters. The Morgan fingerprint density at radius 1 is 1.29 bits per heavy atom. The van der Waals surface area contributed by atoms with Gasteiger partial charge >= 0.3 is 7.60 Å². The van der Waals surface area contributed by atoms with Crippen LogP contribution in [0.4, 0.5) is 0 Å². The van der Waals surface area contributed by atoms with Crippen LogP contribution < -0.4 is 0 Å². The predicted octanol–water partition coefficient (Wildman–Crippen LogP) is 3.02. The third-order valence-electron chi connectivity index (χ3n) is 3.16. The average Bonchev–Trinajstić information content (AvgIpc) is 1.99. The van der Waals surface area contributed by atoms with Gasteiger partial charge in [0.05, 0.1) is 5.16 Å². The Morgan fingerprint density at radius 3 is 1.93 bits per heavy atom. The summed E-state index contributed by atoms with van der Waals surface area (Å²) in [6.07, 6.45) is 1.38. The minimum absolute atomic E-state index is 0.0470. The van der Waals surface area contributed by atoms with E-state index in [9.17, 15) is 14.4 Å². The van der Waals surface area contributed by atoms with Gasteiger partial charge in [-0.25, -0.2) is 0 Å². The lowest BCUT2D eigenvalue weighted by molar-refractivity contribution is 0.257. The smallest absolute Gasteiger partial charge is 0.324 e. The molecule has 0 saturated heterocycles. The van der Waals surface area contributed by atoms with Crippen molar-refractivity contribution in [2.75, 3.05) is 0 Å². The maximum Gasteiger partial charge on any atom is 0.331 e. The quantitative estimate of drug-likeness (QED) is 0.703. The third kappa shape index (κ3) is 3.08. The van der Waals surface area contributed by atoms with Crippen LogP contribution in [-0.4, -0.2) is 14.9 Å². The van der Waals surface area contributed by atoms with E-state index in [0.29, 0.717) is 12.3 Å². The van der Waals surface area contributed by atoms with Gasteiger partial charge in [0.1, 0.15) is 0 Å². The minimum atomic E-state index is -4.01. The summed E-state index contributed by atoms with van der Waals surface area (Å²) < 4.78 is 11.5. The molecule has 2 N–H and O–H groups in total. The lowest BCUT2D eigenvalue weighted by atomic mass is 9.85. The van der Waals surface area contributed by atoms with Gasteiger partial charge in [-0.3, -0.25) is 4.57 Å². The van der Waals surface area contributed by atoms with Crippen molar-refractivity contribution in [2.45, 2.75) is 52.6 Å². The molecule has 0 radical (unpaired) electrons. The first kappa shape index (κ1) is 14.2. The van der Waals surface area contributed by atoms with Crippen molar-refractivity contribution in [3.8, 4) is 0 Å². The largest absolute Gasteiger partial charge is 0.331 e. The van der Waals surface area contributed by atoms with Crippen LogP contribution in [0.25, 0.3) is 0 Å². The highest BCUT2D eigenvalue weighted by atomic mass is 31.2. The van der Waals surface area contributed by atoms with E-state index in [1.165, 1.54) is 0 Å². The molecule has 0 saturated carbocycles. The highest BCUT2D eigenvalue weighted by Crippen LogP contribution is 2.57. The first-order valence-electron chi connectivity index (χ1n) is 5.20. The molecule has 14 heavy (non-hydrogen) atoms. The van der Waals surface area contributed by atoms with Gasteiger partial charge < -0.3 is 9.79 Å². The number of hydrogen-bond acceptors (Lipinski definition) is 1. The molecule has 0 heterocycles. The molecule has 3 nitrogen and oxygen atoms in total. The Morgan fingerprint density at radius 2 is 1.71 bits per heavy atom. The van der Waals surface area contributed by atoms with E-state index in [1.54, 1.807) is 6.92 Å². The highest BCUT2D eigenvalue weighted by molar-refractivity contribution is 7.53. The molecule has 0 aromatic carbocycles. The zero-order valence-corrected chi connectivity index (χ0v) is 10.7. The Hall–Kier alpha value is 0.150. The third-order valence-corrected chi connectivity index (χ3v) is 5.12. The van der Waals surface area contributed by atoms with Crippen LogP contribution in [-0.2, 0) is 4.57 Å². The Bertz CT molecular complexity index is 221. The fourth-order valence-corrected chi connectivity index (χ4v) is 3.23. The maximum absolute atomic E-state index is 11.5. The summed E-state index contributed by atoms with van der Waals surface area (Å²) in [7, 11) is -4.01. The molecule has 0 aromatic heterocycles. The van der Waals surface area contributed by atoms with Gasteiger partial charge in [-0.1, -0.05) is 34.1 Å². The first-order valence-corrected chi connectivity index (χ1v) is 6.82. The monoisotopic (exact) mass is 222 g/mol. The standard InChI is InChI=1S/C10H23O3P/c1-6-9(4)10(5,7-8(2)3)14(11,12)13/h8-9H,6-7H2,1-5H3,(H2,11,12,13). The van der Waals surface area contributed by atoms with Crippen molar-refractivity contribution in [1.29, 1.82) is 0 Å². The molecule has 86 valence electrons. The van der Waals surface area contributed by atoms with Crippen LogP contribution in [0.2, 0.25) is 0 Å². The fourth-order valence-electron chi connectivity index (χ4n) is 1.87. The second-order valence-corrected chi connectivity index (χ2v) is 6.92. The van der Waals surface area contributed by atoms with Crippen LogP contribution in [0.5, 0.6) is 0 Å². The van der Waals surface area contributed by atoms with Crippen LogP contribution in [0.15, 0.2) is 0 Å². The SMILES string of the molecule is CCC(C)C(C)(CC(C)C)P(=O)(O)O. The molecule has 0 aromatic rings. The van der Waals surface area contributed by atoms with Crippen LogP contribution in [0.3, 0.4) is 0 Å².